The van der Waals surface area contributed by atoms with Gasteiger partial charge in [0.05, 0.1) is 36.0 Å². The predicted octanol–water partition coefficient (Wildman–Crippen LogP) is 7.44. The lowest BCUT2D eigenvalue weighted by Crippen LogP contribution is -2.26. The van der Waals surface area contributed by atoms with Gasteiger partial charge in [0.1, 0.15) is 11.6 Å². The summed E-state index contributed by atoms with van der Waals surface area (Å²) in [5, 5.41) is 0.319. The second-order valence-corrected chi connectivity index (χ2v) is 11.2. The number of halogens is 4. The number of nitrogens with zero attached hydrogens (tertiary/aromatic N) is 3. The van der Waals surface area contributed by atoms with Crippen molar-refractivity contribution in [2.75, 3.05) is 13.7 Å². The van der Waals surface area contributed by atoms with Gasteiger partial charge >= 0.3 is 5.97 Å². The summed E-state index contributed by atoms with van der Waals surface area (Å²) < 4.78 is 29.1. The Hall–Kier alpha value is -3.14. The summed E-state index contributed by atoms with van der Waals surface area (Å²) in [6.45, 7) is 6.00. The molecule has 0 fully saturated rings. The number of carbonyl (C=O) groups excluding carboxylic acids is 1. The van der Waals surface area contributed by atoms with E-state index in [2.05, 4.69) is 20.9 Å². The number of rotatable bonds is 10. The average Bonchev–Trinajstić information content (AvgIpc) is 3.29. The highest BCUT2D eigenvalue weighted by Crippen LogP contribution is 2.36. The first kappa shape index (κ1) is 30.8. The maximum Gasteiger partial charge on any atom is 0.358 e. The smallest absolute Gasteiger partial charge is 0.358 e. The molecular formula is C30H29BrCl2FN3O4. The van der Waals surface area contributed by atoms with Gasteiger partial charge in [-0.25, -0.2) is 14.2 Å². The van der Waals surface area contributed by atoms with Gasteiger partial charge in [0.25, 0.3) is 5.56 Å². The van der Waals surface area contributed by atoms with E-state index in [9.17, 15) is 14.0 Å². The van der Waals surface area contributed by atoms with Crippen molar-refractivity contribution in [1.29, 1.82) is 0 Å². The Morgan fingerprint density at radius 2 is 1.83 bits per heavy atom. The topological polar surface area (TPSA) is 75.3 Å². The summed E-state index contributed by atoms with van der Waals surface area (Å²) in [5.41, 5.74) is 2.06. The van der Waals surface area contributed by atoms with Crippen molar-refractivity contribution < 1.29 is 18.7 Å². The summed E-state index contributed by atoms with van der Waals surface area (Å²) in [6.07, 6.45) is 1.67. The van der Waals surface area contributed by atoms with Crippen LogP contribution in [0.3, 0.4) is 0 Å². The molecule has 2 aromatic carbocycles. The first-order chi connectivity index (χ1) is 19.5. The van der Waals surface area contributed by atoms with E-state index in [1.165, 1.54) is 16.7 Å². The van der Waals surface area contributed by atoms with Crippen LogP contribution in [0, 0.1) is 5.82 Å². The van der Waals surface area contributed by atoms with Crippen LogP contribution in [-0.2, 0) is 17.7 Å². The van der Waals surface area contributed by atoms with Gasteiger partial charge in [-0.05, 0) is 84.6 Å². The summed E-state index contributed by atoms with van der Waals surface area (Å²) >= 11 is 16.0. The zero-order valence-corrected chi connectivity index (χ0v) is 26.1. The molecule has 1 unspecified atom stereocenters. The van der Waals surface area contributed by atoms with E-state index in [0.29, 0.717) is 32.3 Å². The number of pyridine rings is 1. The molecule has 7 nitrogen and oxygen atoms in total. The number of carbonyl (C=O) groups is 1. The van der Waals surface area contributed by atoms with Gasteiger partial charge in [-0.1, -0.05) is 41.4 Å². The lowest BCUT2D eigenvalue weighted by atomic mass is 9.88. The van der Waals surface area contributed by atoms with Crippen molar-refractivity contribution in [3.05, 3.63) is 114 Å². The van der Waals surface area contributed by atoms with Crippen molar-refractivity contribution in [3.63, 3.8) is 0 Å². The maximum absolute atomic E-state index is 14.8. The standard InChI is InChI=1S/C30H29BrCl2FN3O4/c1-5-41-29(39)26-27(37(17(2)3)30(31)35-26)23(19-8-11-24(33)25(34)14-19)13-20-12-21(32)16-36(28(20)38)15-18-6-9-22(40-4)10-7-18/h6-12,14,16-17,23H,5,13,15H2,1-4H3. The highest BCUT2D eigenvalue weighted by atomic mass is 79.9. The third-order valence-corrected chi connectivity index (χ3v) is 7.70. The Morgan fingerprint density at radius 1 is 1.12 bits per heavy atom. The van der Waals surface area contributed by atoms with Crippen molar-refractivity contribution in [2.24, 2.45) is 0 Å². The van der Waals surface area contributed by atoms with Crippen LogP contribution in [0.5, 0.6) is 5.75 Å². The normalized spacial score (nSPS) is 12.0. The van der Waals surface area contributed by atoms with Gasteiger partial charge in [0.15, 0.2) is 10.4 Å². The molecule has 1 atom stereocenters. The Labute approximate surface area is 256 Å². The fourth-order valence-corrected chi connectivity index (χ4v) is 5.91. The molecule has 0 radical (unpaired) electrons. The number of aromatic nitrogens is 3. The summed E-state index contributed by atoms with van der Waals surface area (Å²) in [7, 11) is 1.59. The Bertz CT molecular complexity index is 1620. The van der Waals surface area contributed by atoms with Crippen LogP contribution in [0.4, 0.5) is 4.39 Å². The lowest BCUT2D eigenvalue weighted by Gasteiger charge is -2.24. The molecule has 0 spiro atoms. The van der Waals surface area contributed by atoms with E-state index in [1.807, 2.05) is 42.7 Å². The van der Waals surface area contributed by atoms with Crippen LogP contribution >= 0.6 is 39.1 Å². The Kier molecular flexibility index (Phi) is 9.94. The second-order valence-electron chi connectivity index (χ2n) is 9.69. The summed E-state index contributed by atoms with van der Waals surface area (Å²) in [4.78, 5) is 31.3. The molecule has 11 heteroatoms. The highest BCUT2D eigenvalue weighted by molar-refractivity contribution is 9.10. The maximum atomic E-state index is 14.8. The Balaban J connectivity index is 1.88. The second kappa shape index (κ2) is 13.2. The van der Waals surface area contributed by atoms with Crippen LogP contribution in [0.1, 0.15) is 65.6 Å². The number of esters is 1. The molecule has 0 bridgehead atoms. The molecule has 0 aliphatic rings. The summed E-state index contributed by atoms with van der Waals surface area (Å²) in [5.74, 6) is -1.21. The molecule has 0 saturated heterocycles. The van der Waals surface area contributed by atoms with Crippen molar-refractivity contribution in [3.8, 4) is 5.75 Å². The van der Waals surface area contributed by atoms with E-state index < -0.39 is 17.7 Å². The van der Waals surface area contributed by atoms with E-state index in [4.69, 9.17) is 32.7 Å². The molecule has 0 amide bonds. The molecule has 2 heterocycles. The predicted molar refractivity (Wildman–Crippen MR) is 161 cm³/mol. The van der Waals surface area contributed by atoms with Crippen LogP contribution in [0.15, 0.2) is 64.3 Å². The average molecular weight is 665 g/mol. The molecule has 2 aromatic heterocycles. The molecule has 41 heavy (non-hydrogen) atoms. The Morgan fingerprint density at radius 3 is 2.44 bits per heavy atom. The van der Waals surface area contributed by atoms with E-state index in [-0.39, 0.29) is 41.9 Å². The summed E-state index contributed by atoms with van der Waals surface area (Å²) in [6, 6.07) is 13.3. The van der Waals surface area contributed by atoms with Gasteiger partial charge in [-0.15, -0.1) is 0 Å². The van der Waals surface area contributed by atoms with Crippen molar-refractivity contribution in [1.82, 2.24) is 14.1 Å². The zero-order chi connectivity index (χ0) is 29.8. The number of hydrogen-bond acceptors (Lipinski definition) is 5. The number of methoxy groups -OCH3 is 1. The first-order valence-corrected chi connectivity index (χ1v) is 14.5. The quantitative estimate of drug-likeness (QED) is 0.165. The van der Waals surface area contributed by atoms with E-state index in [0.717, 1.165) is 5.56 Å². The molecule has 0 N–H and O–H groups in total. The van der Waals surface area contributed by atoms with Gasteiger partial charge < -0.3 is 18.6 Å². The van der Waals surface area contributed by atoms with Crippen molar-refractivity contribution in [2.45, 2.75) is 45.7 Å². The van der Waals surface area contributed by atoms with Gasteiger partial charge in [-0.3, -0.25) is 4.79 Å². The molecular weight excluding hydrogens is 636 g/mol. The minimum absolute atomic E-state index is 0.0405. The van der Waals surface area contributed by atoms with E-state index >= 15 is 0 Å². The first-order valence-electron chi connectivity index (χ1n) is 12.9. The fourth-order valence-electron chi connectivity index (χ4n) is 4.76. The molecule has 0 saturated carbocycles. The van der Waals surface area contributed by atoms with Gasteiger partial charge in [0.2, 0.25) is 0 Å². The van der Waals surface area contributed by atoms with Gasteiger partial charge in [0, 0.05) is 23.7 Å². The van der Waals surface area contributed by atoms with E-state index in [1.54, 1.807) is 32.4 Å². The minimum Gasteiger partial charge on any atom is -0.497 e. The fraction of sp³-hybridized carbons (Fsp3) is 0.300. The van der Waals surface area contributed by atoms with Crippen LogP contribution in [0.25, 0.3) is 0 Å². The van der Waals surface area contributed by atoms with Crippen LogP contribution in [0.2, 0.25) is 10.0 Å². The zero-order valence-electron chi connectivity index (χ0n) is 23.0. The highest BCUT2D eigenvalue weighted by Gasteiger charge is 2.32. The number of imidazole rings is 1. The largest absolute Gasteiger partial charge is 0.497 e. The van der Waals surface area contributed by atoms with Gasteiger partial charge in [-0.2, -0.15) is 0 Å². The van der Waals surface area contributed by atoms with Crippen LogP contribution in [-0.4, -0.2) is 33.8 Å². The molecule has 0 aliphatic heterocycles. The third kappa shape index (κ3) is 6.85. The SMILES string of the molecule is CCOC(=O)c1nc(Br)n(C(C)C)c1C(Cc1cc(Cl)cn(Cc2ccc(OC)cc2)c1=O)c1ccc(Cl)c(F)c1. The lowest BCUT2D eigenvalue weighted by molar-refractivity contribution is 0.0518. The number of ether oxygens (including phenoxy) is 2. The minimum atomic E-state index is -0.678. The molecule has 4 rings (SSSR count). The molecule has 4 aromatic rings. The number of hydrogen-bond donors (Lipinski definition) is 0. The van der Waals surface area contributed by atoms with Crippen LogP contribution < -0.4 is 10.3 Å². The molecule has 216 valence electrons. The van der Waals surface area contributed by atoms with Crippen molar-refractivity contribution >= 4 is 45.1 Å². The third-order valence-electron chi connectivity index (χ3n) is 6.63. The molecule has 0 aliphatic carbocycles. The monoisotopic (exact) mass is 663 g/mol. The number of benzene rings is 2.